The molecule has 0 aromatic heterocycles. The molecule has 1 N–H and O–H groups in total. The molecular formula is C19H27NO3. The van der Waals surface area contributed by atoms with Crippen LogP contribution in [0, 0.1) is 11.8 Å². The maximum Gasteiger partial charge on any atom is 0.303 e. The number of rotatable bonds is 7. The average Bonchev–Trinajstić information content (AvgIpc) is 2.55. The van der Waals surface area contributed by atoms with Crippen molar-refractivity contribution < 1.29 is 14.7 Å². The fourth-order valence-corrected chi connectivity index (χ4v) is 3.30. The van der Waals surface area contributed by atoms with Crippen molar-refractivity contribution in [2.24, 2.45) is 11.8 Å². The number of carbonyl (C=O) groups excluding carboxylic acids is 1. The predicted octanol–water partition coefficient (Wildman–Crippen LogP) is 3.36. The van der Waals surface area contributed by atoms with Crippen LogP contribution < -0.4 is 0 Å². The van der Waals surface area contributed by atoms with Crippen molar-refractivity contribution in [3.63, 3.8) is 0 Å². The average molecular weight is 317 g/mol. The lowest BCUT2D eigenvalue weighted by Crippen LogP contribution is -2.41. The molecule has 4 nitrogen and oxygen atoms in total. The van der Waals surface area contributed by atoms with Gasteiger partial charge in [0.15, 0.2) is 0 Å². The van der Waals surface area contributed by atoms with Crippen LogP contribution >= 0.6 is 0 Å². The fourth-order valence-electron chi connectivity index (χ4n) is 3.30. The zero-order valence-corrected chi connectivity index (χ0v) is 13.9. The van der Waals surface area contributed by atoms with E-state index in [1.54, 1.807) is 0 Å². The van der Waals surface area contributed by atoms with Gasteiger partial charge in [0.05, 0.1) is 0 Å². The SMILES string of the molecule is CC(CCCc1ccccc1)C(=O)N1CCC(CC(=O)O)CC1. The third kappa shape index (κ3) is 5.70. The summed E-state index contributed by atoms with van der Waals surface area (Å²) in [6, 6.07) is 10.4. The lowest BCUT2D eigenvalue weighted by molar-refractivity contribution is -0.139. The van der Waals surface area contributed by atoms with E-state index < -0.39 is 5.97 Å². The molecule has 0 spiro atoms. The van der Waals surface area contributed by atoms with Gasteiger partial charge in [0.1, 0.15) is 0 Å². The molecule has 1 amide bonds. The van der Waals surface area contributed by atoms with E-state index >= 15 is 0 Å². The maximum atomic E-state index is 12.5. The fraction of sp³-hybridized carbons (Fsp3) is 0.579. The summed E-state index contributed by atoms with van der Waals surface area (Å²) >= 11 is 0. The molecule has 126 valence electrons. The molecule has 23 heavy (non-hydrogen) atoms. The number of benzene rings is 1. The Labute approximate surface area is 138 Å². The van der Waals surface area contributed by atoms with E-state index in [0.29, 0.717) is 13.1 Å². The minimum atomic E-state index is -0.732. The Hall–Kier alpha value is -1.84. The van der Waals surface area contributed by atoms with Crippen LogP contribution in [0.5, 0.6) is 0 Å². The van der Waals surface area contributed by atoms with Gasteiger partial charge < -0.3 is 10.0 Å². The molecule has 1 heterocycles. The zero-order valence-electron chi connectivity index (χ0n) is 13.9. The first-order valence-corrected chi connectivity index (χ1v) is 8.60. The first-order valence-electron chi connectivity index (χ1n) is 8.60. The summed E-state index contributed by atoms with van der Waals surface area (Å²) < 4.78 is 0. The van der Waals surface area contributed by atoms with E-state index in [1.807, 2.05) is 30.0 Å². The zero-order chi connectivity index (χ0) is 16.7. The third-order valence-corrected chi connectivity index (χ3v) is 4.76. The van der Waals surface area contributed by atoms with Gasteiger partial charge in [-0.2, -0.15) is 0 Å². The van der Waals surface area contributed by atoms with Crippen LogP contribution in [0.3, 0.4) is 0 Å². The van der Waals surface area contributed by atoms with Crippen molar-refractivity contribution in [2.45, 2.75) is 45.4 Å². The second kappa shape index (κ2) is 8.70. The number of carboxylic acid groups (broad SMARTS) is 1. The topological polar surface area (TPSA) is 57.6 Å². The van der Waals surface area contributed by atoms with Crippen molar-refractivity contribution in [2.75, 3.05) is 13.1 Å². The van der Waals surface area contributed by atoms with Crippen molar-refractivity contribution in [1.29, 1.82) is 0 Å². The van der Waals surface area contributed by atoms with Gasteiger partial charge in [0, 0.05) is 25.4 Å². The highest BCUT2D eigenvalue weighted by Crippen LogP contribution is 2.22. The molecular weight excluding hydrogens is 290 g/mol. The number of aliphatic carboxylic acids is 1. The summed E-state index contributed by atoms with van der Waals surface area (Å²) in [5.41, 5.74) is 1.32. The Bertz CT molecular complexity index is 507. The summed E-state index contributed by atoms with van der Waals surface area (Å²) in [4.78, 5) is 25.1. The normalized spacial score (nSPS) is 17.0. The highest BCUT2D eigenvalue weighted by Gasteiger charge is 2.26. The Kier molecular flexibility index (Phi) is 6.63. The second-order valence-corrected chi connectivity index (χ2v) is 6.65. The van der Waals surface area contributed by atoms with Gasteiger partial charge in [-0.1, -0.05) is 37.3 Å². The number of amides is 1. The lowest BCUT2D eigenvalue weighted by atomic mass is 9.92. The lowest BCUT2D eigenvalue weighted by Gasteiger charge is -2.33. The van der Waals surface area contributed by atoms with Crippen LogP contribution in [0.4, 0.5) is 0 Å². The predicted molar refractivity (Wildman–Crippen MR) is 90.1 cm³/mol. The molecule has 1 fully saturated rings. The van der Waals surface area contributed by atoms with Crippen LogP contribution in [0.15, 0.2) is 30.3 Å². The van der Waals surface area contributed by atoms with E-state index in [1.165, 1.54) is 5.56 Å². The molecule has 0 radical (unpaired) electrons. The minimum absolute atomic E-state index is 0.0507. The Morgan fingerprint density at radius 2 is 1.87 bits per heavy atom. The molecule has 1 aromatic rings. The van der Waals surface area contributed by atoms with Gasteiger partial charge in [0.25, 0.3) is 0 Å². The summed E-state index contributed by atoms with van der Waals surface area (Å²) in [6.07, 6.45) is 4.80. The first kappa shape index (κ1) is 17.5. The van der Waals surface area contributed by atoms with E-state index in [0.717, 1.165) is 32.1 Å². The van der Waals surface area contributed by atoms with Gasteiger partial charge in [-0.05, 0) is 43.6 Å². The van der Waals surface area contributed by atoms with Gasteiger partial charge in [-0.3, -0.25) is 9.59 Å². The van der Waals surface area contributed by atoms with Gasteiger partial charge >= 0.3 is 5.97 Å². The molecule has 0 bridgehead atoms. The molecule has 2 rings (SSSR count). The van der Waals surface area contributed by atoms with E-state index in [4.69, 9.17) is 5.11 Å². The number of hydrogen-bond donors (Lipinski definition) is 1. The van der Waals surface area contributed by atoms with Crippen LogP contribution in [0.2, 0.25) is 0 Å². The quantitative estimate of drug-likeness (QED) is 0.839. The molecule has 4 heteroatoms. The highest BCUT2D eigenvalue weighted by atomic mass is 16.4. The van der Waals surface area contributed by atoms with Crippen LogP contribution in [0.25, 0.3) is 0 Å². The van der Waals surface area contributed by atoms with Crippen molar-refractivity contribution in [3.8, 4) is 0 Å². The molecule has 1 aliphatic rings. The van der Waals surface area contributed by atoms with Crippen LogP contribution in [-0.4, -0.2) is 35.0 Å². The maximum absolute atomic E-state index is 12.5. The highest BCUT2D eigenvalue weighted by molar-refractivity contribution is 5.78. The Morgan fingerprint density at radius 1 is 1.22 bits per heavy atom. The summed E-state index contributed by atoms with van der Waals surface area (Å²) in [7, 11) is 0. The Balaban J connectivity index is 1.70. The smallest absolute Gasteiger partial charge is 0.303 e. The van der Waals surface area contributed by atoms with Gasteiger partial charge in [-0.25, -0.2) is 0 Å². The second-order valence-electron chi connectivity index (χ2n) is 6.65. The number of aryl methyl sites for hydroxylation is 1. The molecule has 1 aromatic carbocycles. The van der Waals surface area contributed by atoms with Crippen LogP contribution in [0.1, 0.15) is 44.6 Å². The van der Waals surface area contributed by atoms with Gasteiger partial charge in [0.2, 0.25) is 5.91 Å². The number of hydrogen-bond acceptors (Lipinski definition) is 2. The van der Waals surface area contributed by atoms with Crippen molar-refractivity contribution in [1.82, 2.24) is 4.90 Å². The molecule has 1 saturated heterocycles. The minimum Gasteiger partial charge on any atom is -0.481 e. The monoisotopic (exact) mass is 317 g/mol. The molecule has 0 aliphatic carbocycles. The number of nitrogens with zero attached hydrogens (tertiary/aromatic N) is 1. The first-order chi connectivity index (χ1) is 11.1. The van der Waals surface area contributed by atoms with E-state index in [9.17, 15) is 9.59 Å². The molecule has 1 aliphatic heterocycles. The number of likely N-dealkylation sites (tertiary alicyclic amines) is 1. The largest absolute Gasteiger partial charge is 0.481 e. The van der Waals surface area contributed by atoms with E-state index in [2.05, 4.69) is 12.1 Å². The molecule has 1 unspecified atom stereocenters. The molecule has 0 saturated carbocycles. The number of piperidine rings is 1. The van der Waals surface area contributed by atoms with Gasteiger partial charge in [-0.15, -0.1) is 0 Å². The number of carbonyl (C=O) groups is 2. The standard InChI is InChI=1S/C19H27NO3/c1-15(6-5-9-16-7-3-2-4-8-16)19(23)20-12-10-17(11-13-20)14-18(21)22/h2-4,7-8,15,17H,5-6,9-14H2,1H3,(H,21,22). The number of carboxylic acids is 1. The Morgan fingerprint density at radius 3 is 2.48 bits per heavy atom. The van der Waals surface area contributed by atoms with E-state index in [-0.39, 0.29) is 24.2 Å². The van der Waals surface area contributed by atoms with Crippen molar-refractivity contribution >= 4 is 11.9 Å². The summed E-state index contributed by atoms with van der Waals surface area (Å²) in [6.45, 7) is 3.43. The molecule has 1 atom stereocenters. The summed E-state index contributed by atoms with van der Waals surface area (Å²) in [5.74, 6) is -0.226. The third-order valence-electron chi connectivity index (χ3n) is 4.76. The van der Waals surface area contributed by atoms with Crippen molar-refractivity contribution in [3.05, 3.63) is 35.9 Å². The van der Waals surface area contributed by atoms with Crippen LogP contribution in [-0.2, 0) is 16.0 Å². The summed E-state index contributed by atoms with van der Waals surface area (Å²) in [5, 5.41) is 8.84.